The van der Waals surface area contributed by atoms with E-state index in [1.807, 2.05) is 62.4 Å². The first kappa shape index (κ1) is 18.9. The Morgan fingerprint density at radius 3 is 2.55 bits per heavy atom. The largest absolute Gasteiger partial charge is 0.352 e. The summed E-state index contributed by atoms with van der Waals surface area (Å²) in [5.41, 5.74) is 4.80. The summed E-state index contributed by atoms with van der Waals surface area (Å²) in [5.74, 6) is 0. The Morgan fingerprint density at radius 1 is 1.00 bits per heavy atom. The van der Waals surface area contributed by atoms with E-state index in [1.54, 1.807) is 18.3 Å². The van der Waals surface area contributed by atoms with E-state index in [1.165, 1.54) is 10.5 Å². The van der Waals surface area contributed by atoms with Gasteiger partial charge in [-0.3, -0.25) is 9.20 Å². The highest BCUT2D eigenvalue weighted by Crippen LogP contribution is 2.18. The number of nitrogens with one attached hydrogen (secondary N) is 1. The van der Waals surface area contributed by atoms with Crippen molar-refractivity contribution in [3.8, 4) is 0 Å². The van der Waals surface area contributed by atoms with Crippen LogP contribution in [0.25, 0.3) is 5.65 Å². The summed E-state index contributed by atoms with van der Waals surface area (Å²) in [7, 11) is 0. The van der Waals surface area contributed by atoms with Gasteiger partial charge in [0, 0.05) is 23.0 Å². The maximum absolute atomic E-state index is 12.9. The van der Waals surface area contributed by atoms with Crippen molar-refractivity contribution in [3.05, 3.63) is 105 Å². The second-order valence-corrected chi connectivity index (χ2v) is 7.24. The summed E-state index contributed by atoms with van der Waals surface area (Å²) in [4.78, 5) is 22.3. The lowest BCUT2D eigenvalue weighted by molar-refractivity contribution is 1.05. The molecular formula is C23H19ClN4O. The van der Waals surface area contributed by atoms with Crippen LogP contribution in [0.2, 0.25) is 5.02 Å². The second-order valence-electron chi connectivity index (χ2n) is 6.80. The van der Waals surface area contributed by atoms with E-state index in [-0.39, 0.29) is 5.56 Å². The van der Waals surface area contributed by atoms with Gasteiger partial charge in [0.25, 0.3) is 5.56 Å². The van der Waals surface area contributed by atoms with Crippen molar-refractivity contribution in [1.29, 1.82) is 0 Å². The van der Waals surface area contributed by atoms with Crippen molar-refractivity contribution >= 4 is 34.3 Å². The van der Waals surface area contributed by atoms with Crippen LogP contribution >= 0.6 is 11.6 Å². The molecule has 0 atom stereocenters. The molecule has 0 fully saturated rings. The Labute approximate surface area is 173 Å². The SMILES string of the molecule is Cc1ccc(N=c2nc3c(C)cccn3c(=O)cc2Nc2cccc(Cl)c2)cc1. The molecular weight excluding hydrogens is 384 g/mol. The second kappa shape index (κ2) is 7.89. The third kappa shape index (κ3) is 4.20. The van der Waals surface area contributed by atoms with Gasteiger partial charge in [-0.15, -0.1) is 0 Å². The molecule has 0 unspecified atom stereocenters. The Hall–Kier alpha value is -3.44. The molecule has 2 aromatic heterocycles. The molecule has 0 bridgehead atoms. The molecule has 0 radical (unpaired) electrons. The molecule has 29 heavy (non-hydrogen) atoms. The van der Waals surface area contributed by atoms with E-state index in [2.05, 4.69) is 5.32 Å². The number of aryl methyl sites for hydroxylation is 2. The normalized spacial score (nSPS) is 11.6. The lowest BCUT2D eigenvalue weighted by Gasteiger charge is -2.05. The molecule has 0 amide bonds. The first-order chi connectivity index (χ1) is 14.0. The lowest BCUT2D eigenvalue weighted by Crippen LogP contribution is -2.11. The minimum absolute atomic E-state index is 0.203. The zero-order valence-corrected chi connectivity index (χ0v) is 16.8. The Kier molecular flexibility index (Phi) is 5.14. The predicted molar refractivity (Wildman–Crippen MR) is 117 cm³/mol. The number of nitrogens with zero attached hydrogens (tertiary/aromatic N) is 3. The van der Waals surface area contributed by atoms with Crippen LogP contribution in [0.15, 0.2) is 82.7 Å². The minimum atomic E-state index is -0.203. The number of pyridine rings is 1. The average molecular weight is 403 g/mol. The fourth-order valence-electron chi connectivity index (χ4n) is 2.99. The van der Waals surface area contributed by atoms with Gasteiger partial charge in [0.15, 0.2) is 5.49 Å². The molecule has 0 aliphatic carbocycles. The van der Waals surface area contributed by atoms with Gasteiger partial charge >= 0.3 is 0 Å². The third-order valence-corrected chi connectivity index (χ3v) is 4.73. The fraction of sp³-hybridized carbons (Fsp3) is 0.0870. The molecule has 0 aliphatic heterocycles. The van der Waals surface area contributed by atoms with Crippen LogP contribution in [-0.4, -0.2) is 9.38 Å². The van der Waals surface area contributed by atoms with Crippen LogP contribution in [-0.2, 0) is 0 Å². The van der Waals surface area contributed by atoms with Gasteiger partial charge in [-0.2, -0.15) is 0 Å². The molecule has 4 rings (SSSR count). The first-order valence-corrected chi connectivity index (χ1v) is 9.55. The minimum Gasteiger partial charge on any atom is -0.352 e. The maximum atomic E-state index is 12.9. The monoisotopic (exact) mass is 402 g/mol. The van der Waals surface area contributed by atoms with Gasteiger partial charge in [-0.25, -0.2) is 9.98 Å². The van der Waals surface area contributed by atoms with Crippen molar-refractivity contribution in [2.75, 3.05) is 5.32 Å². The maximum Gasteiger partial charge on any atom is 0.258 e. The molecule has 1 N–H and O–H groups in total. The van der Waals surface area contributed by atoms with E-state index in [0.29, 0.717) is 21.8 Å². The molecule has 4 aromatic rings. The Morgan fingerprint density at radius 2 is 1.79 bits per heavy atom. The summed E-state index contributed by atoms with van der Waals surface area (Å²) in [6, 6.07) is 20.4. The van der Waals surface area contributed by atoms with E-state index in [0.717, 1.165) is 22.5 Å². The highest BCUT2D eigenvalue weighted by Gasteiger charge is 2.06. The number of fused-ring (bicyclic) bond motifs is 1. The number of halogens is 1. The number of hydrogen-bond acceptors (Lipinski definition) is 4. The van der Waals surface area contributed by atoms with E-state index >= 15 is 0 Å². The molecule has 0 spiro atoms. The fourth-order valence-corrected chi connectivity index (χ4v) is 3.18. The van der Waals surface area contributed by atoms with Crippen LogP contribution in [0.1, 0.15) is 11.1 Å². The standard InChI is InChI=1S/C23H19ClN4O/c1-15-8-10-18(11-9-15)26-22-20(25-19-7-3-6-17(24)13-19)14-21(29)28-12-4-5-16(2)23(28)27-22/h3-14,25H,1-2H3. The van der Waals surface area contributed by atoms with Crippen molar-refractivity contribution in [1.82, 2.24) is 9.38 Å². The number of anilines is 2. The number of rotatable bonds is 3. The van der Waals surface area contributed by atoms with Crippen LogP contribution in [0, 0.1) is 13.8 Å². The first-order valence-electron chi connectivity index (χ1n) is 9.17. The van der Waals surface area contributed by atoms with Crippen LogP contribution < -0.4 is 16.4 Å². The highest BCUT2D eigenvalue weighted by molar-refractivity contribution is 6.30. The molecule has 0 saturated carbocycles. The molecule has 0 saturated heterocycles. The summed E-state index contributed by atoms with van der Waals surface area (Å²) in [6.45, 7) is 3.94. The number of benzene rings is 2. The van der Waals surface area contributed by atoms with Crippen molar-refractivity contribution < 1.29 is 0 Å². The predicted octanol–water partition coefficient (Wildman–Crippen LogP) is 4.94. The van der Waals surface area contributed by atoms with Gasteiger partial charge in [-0.05, 0) is 55.8 Å². The van der Waals surface area contributed by atoms with Gasteiger partial charge < -0.3 is 5.32 Å². The van der Waals surface area contributed by atoms with E-state index in [9.17, 15) is 4.79 Å². The summed E-state index contributed by atoms with van der Waals surface area (Å²) < 4.78 is 1.52. The van der Waals surface area contributed by atoms with E-state index < -0.39 is 0 Å². The highest BCUT2D eigenvalue weighted by atomic mass is 35.5. The zero-order valence-electron chi connectivity index (χ0n) is 16.1. The van der Waals surface area contributed by atoms with Crippen LogP contribution in [0.5, 0.6) is 0 Å². The molecule has 2 aromatic carbocycles. The zero-order chi connectivity index (χ0) is 20.4. The molecule has 5 nitrogen and oxygen atoms in total. The van der Waals surface area contributed by atoms with Gasteiger partial charge in [0.1, 0.15) is 5.65 Å². The lowest BCUT2D eigenvalue weighted by atomic mass is 10.2. The quantitative estimate of drug-likeness (QED) is 0.528. The number of aromatic nitrogens is 2. The molecule has 6 heteroatoms. The van der Waals surface area contributed by atoms with Crippen LogP contribution in [0.4, 0.5) is 17.1 Å². The molecule has 144 valence electrons. The number of hydrogen-bond donors (Lipinski definition) is 1. The van der Waals surface area contributed by atoms with Gasteiger partial charge in [0.2, 0.25) is 0 Å². The summed E-state index contributed by atoms with van der Waals surface area (Å²) >= 11 is 6.11. The van der Waals surface area contributed by atoms with Crippen molar-refractivity contribution in [2.45, 2.75) is 13.8 Å². The summed E-state index contributed by atoms with van der Waals surface area (Å²) in [5, 5.41) is 3.84. The van der Waals surface area contributed by atoms with E-state index in [4.69, 9.17) is 21.6 Å². The van der Waals surface area contributed by atoms with Gasteiger partial charge in [-0.1, -0.05) is 41.4 Å². The van der Waals surface area contributed by atoms with Gasteiger partial charge in [0.05, 0.1) is 11.4 Å². The Balaban J connectivity index is 2.01. The van der Waals surface area contributed by atoms with Crippen LogP contribution in [0.3, 0.4) is 0 Å². The molecule has 0 aliphatic rings. The van der Waals surface area contributed by atoms with Crippen molar-refractivity contribution in [2.24, 2.45) is 4.99 Å². The molecule has 2 heterocycles. The Bertz CT molecular complexity index is 1330. The summed E-state index contributed by atoms with van der Waals surface area (Å²) in [6.07, 6.45) is 1.70. The third-order valence-electron chi connectivity index (χ3n) is 4.49. The smallest absolute Gasteiger partial charge is 0.258 e. The topological polar surface area (TPSA) is 58.8 Å². The van der Waals surface area contributed by atoms with Crippen molar-refractivity contribution in [3.63, 3.8) is 0 Å². The average Bonchev–Trinajstić information content (AvgIpc) is 2.82.